The van der Waals surface area contributed by atoms with Gasteiger partial charge in [0, 0.05) is 0 Å². The highest BCUT2D eigenvalue weighted by molar-refractivity contribution is 6.29. The monoisotopic (exact) mass is 244 g/mol. The van der Waals surface area contributed by atoms with Gasteiger partial charge in [-0.2, -0.15) is 13.2 Å². The molecule has 0 spiro atoms. The van der Waals surface area contributed by atoms with E-state index in [-0.39, 0.29) is 12.7 Å². The molecule has 0 atom stereocenters. The molecule has 0 heterocycles. The van der Waals surface area contributed by atoms with Crippen LogP contribution in [0.25, 0.3) is 0 Å². The summed E-state index contributed by atoms with van der Waals surface area (Å²) >= 11 is 0. The molecule has 4 nitrogen and oxygen atoms in total. The SMILES string of the molecule is CCOC(=O)C(=O)OC/C=C(\F)C(F)(F)F. The number of esters is 2. The molecule has 0 saturated heterocycles. The molecule has 0 amide bonds. The number of carbonyl (C=O) groups is 2. The fourth-order valence-electron chi connectivity index (χ4n) is 0.555. The van der Waals surface area contributed by atoms with E-state index in [4.69, 9.17) is 0 Å². The van der Waals surface area contributed by atoms with Crippen molar-refractivity contribution in [1.82, 2.24) is 0 Å². The van der Waals surface area contributed by atoms with E-state index in [0.29, 0.717) is 0 Å². The number of carbonyl (C=O) groups excluding carboxylic acids is 2. The van der Waals surface area contributed by atoms with Gasteiger partial charge < -0.3 is 9.47 Å². The van der Waals surface area contributed by atoms with Crippen molar-refractivity contribution in [2.45, 2.75) is 13.1 Å². The highest BCUT2D eigenvalue weighted by Crippen LogP contribution is 2.25. The summed E-state index contributed by atoms with van der Waals surface area (Å²) in [6.45, 7) is 0.345. The summed E-state index contributed by atoms with van der Waals surface area (Å²) in [5, 5.41) is 0. The van der Waals surface area contributed by atoms with Crippen LogP contribution < -0.4 is 0 Å². The molecule has 0 aromatic heterocycles. The Kier molecular flexibility index (Phi) is 5.48. The summed E-state index contributed by atoms with van der Waals surface area (Å²) in [5.41, 5.74) is 0. The van der Waals surface area contributed by atoms with Crippen LogP contribution in [0.4, 0.5) is 17.6 Å². The van der Waals surface area contributed by atoms with E-state index in [2.05, 4.69) is 9.47 Å². The van der Waals surface area contributed by atoms with Crippen molar-refractivity contribution in [2.24, 2.45) is 0 Å². The second kappa shape index (κ2) is 6.09. The molecule has 0 aromatic rings. The van der Waals surface area contributed by atoms with Crippen molar-refractivity contribution in [1.29, 1.82) is 0 Å². The number of hydrogen-bond donors (Lipinski definition) is 0. The molecular formula is C8H8F4O4. The number of allylic oxidation sites excluding steroid dienone is 1. The minimum Gasteiger partial charge on any atom is -0.458 e. The van der Waals surface area contributed by atoms with Crippen molar-refractivity contribution in [2.75, 3.05) is 13.2 Å². The van der Waals surface area contributed by atoms with E-state index >= 15 is 0 Å². The topological polar surface area (TPSA) is 52.6 Å². The maximum Gasteiger partial charge on any atom is 0.442 e. The van der Waals surface area contributed by atoms with Crippen LogP contribution in [0, 0.1) is 0 Å². The van der Waals surface area contributed by atoms with Gasteiger partial charge in [0.2, 0.25) is 5.83 Å². The maximum absolute atomic E-state index is 12.1. The molecule has 0 aliphatic rings. The van der Waals surface area contributed by atoms with Crippen molar-refractivity contribution in [3.8, 4) is 0 Å². The lowest BCUT2D eigenvalue weighted by atomic mass is 10.4. The largest absolute Gasteiger partial charge is 0.458 e. The van der Waals surface area contributed by atoms with Gasteiger partial charge in [0.05, 0.1) is 6.61 Å². The number of alkyl halides is 3. The number of hydrogen-bond acceptors (Lipinski definition) is 4. The van der Waals surface area contributed by atoms with Crippen LogP contribution in [0.5, 0.6) is 0 Å². The van der Waals surface area contributed by atoms with Crippen molar-refractivity contribution in [3.63, 3.8) is 0 Å². The Morgan fingerprint density at radius 1 is 1.19 bits per heavy atom. The molecule has 0 N–H and O–H groups in total. The first kappa shape index (κ1) is 14.4. The predicted molar refractivity (Wildman–Crippen MR) is 42.8 cm³/mol. The zero-order valence-electron chi connectivity index (χ0n) is 8.14. The quantitative estimate of drug-likeness (QED) is 0.429. The summed E-state index contributed by atoms with van der Waals surface area (Å²) < 4.78 is 55.0. The molecule has 0 saturated carbocycles. The smallest absolute Gasteiger partial charge is 0.442 e. The van der Waals surface area contributed by atoms with E-state index in [9.17, 15) is 27.2 Å². The van der Waals surface area contributed by atoms with E-state index < -0.39 is 30.5 Å². The van der Waals surface area contributed by atoms with Crippen molar-refractivity contribution < 1.29 is 36.6 Å². The minimum atomic E-state index is -5.13. The standard InChI is InChI=1S/C8H8F4O4/c1-2-15-6(13)7(14)16-4-3-5(9)8(10,11)12/h3H,2,4H2,1H3/b5-3-. The van der Waals surface area contributed by atoms with Gasteiger partial charge in [-0.05, 0) is 13.0 Å². The maximum atomic E-state index is 12.1. The van der Waals surface area contributed by atoms with Gasteiger partial charge in [-0.15, -0.1) is 0 Å². The second-order valence-corrected chi connectivity index (χ2v) is 2.37. The third-order valence-corrected chi connectivity index (χ3v) is 1.19. The molecule has 0 fully saturated rings. The van der Waals surface area contributed by atoms with E-state index in [0.717, 1.165) is 0 Å². The van der Waals surface area contributed by atoms with E-state index in [1.165, 1.54) is 6.92 Å². The Bertz CT molecular complexity index is 295. The molecule has 0 radical (unpaired) electrons. The van der Waals surface area contributed by atoms with Crippen molar-refractivity contribution >= 4 is 11.9 Å². The van der Waals surface area contributed by atoms with Gasteiger partial charge >= 0.3 is 18.1 Å². The molecule has 0 rings (SSSR count). The van der Waals surface area contributed by atoms with Crippen LogP contribution in [-0.2, 0) is 19.1 Å². The van der Waals surface area contributed by atoms with Gasteiger partial charge in [-0.25, -0.2) is 14.0 Å². The third-order valence-electron chi connectivity index (χ3n) is 1.19. The second-order valence-electron chi connectivity index (χ2n) is 2.37. The Morgan fingerprint density at radius 3 is 2.12 bits per heavy atom. The summed E-state index contributed by atoms with van der Waals surface area (Å²) in [7, 11) is 0. The first-order valence-corrected chi connectivity index (χ1v) is 4.05. The highest BCUT2D eigenvalue weighted by Gasteiger charge is 2.34. The zero-order chi connectivity index (χ0) is 12.8. The normalized spacial score (nSPS) is 12.2. The first-order valence-electron chi connectivity index (χ1n) is 4.05. The Morgan fingerprint density at radius 2 is 1.69 bits per heavy atom. The fraction of sp³-hybridized carbons (Fsp3) is 0.500. The average Bonchev–Trinajstić information content (AvgIpc) is 2.16. The zero-order valence-corrected chi connectivity index (χ0v) is 8.14. The van der Waals surface area contributed by atoms with Crippen LogP contribution in [-0.4, -0.2) is 31.3 Å². The number of halogens is 4. The summed E-state index contributed by atoms with van der Waals surface area (Å²) in [6, 6.07) is 0. The van der Waals surface area contributed by atoms with Gasteiger partial charge in [0.1, 0.15) is 6.61 Å². The fourth-order valence-corrected chi connectivity index (χ4v) is 0.555. The molecular weight excluding hydrogens is 236 g/mol. The molecule has 16 heavy (non-hydrogen) atoms. The van der Waals surface area contributed by atoms with Gasteiger partial charge in [0.25, 0.3) is 0 Å². The molecule has 0 aromatic carbocycles. The Labute approximate surface area is 87.8 Å². The predicted octanol–water partition coefficient (Wildman–Crippen LogP) is 1.51. The van der Waals surface area contributed by atoms with Gasteiger partial charge in [-0.1, -0.05) is 0 Å². The van der Waals surface area contributed by atoms with Crippen LogP contribution in [0.3, 0.4) is 0 Å². The lowest BCUT2D eigenvalue weighted by Gasteiger charge is -2.03. The van der Waals surface area contributed by atoms with Crippen LogP contribution in [0.1, 0.15) is 6.92 Å². The lowest BCUT2D eigenvalue weighted by molar-refractivity contribution is -0.166. The molecule has 92 valence electrons. The average molecular weight is 244 g/mol. The van der Waals surface area contributed by atoms with Crippen LogP contribution >= 0.6 is 0 Å². The minimum absolute atomic E-state index is 0.00285. The third kappa shape index (κ3) is 5.32. The van der Waals surface area contributed by atoms with Crippen LogP contribution in [0.15, 0.2) is 11.9 Å². The Hall–Kier alpha value is -1.60. The molecule has 0 unspecified atom stereocenters. The number of ether oxygens (including phenoxy) is 2. The summed E-state index contributed by atoms with van der Waals surface area (Å²) in [5.74, 6) is -5.22. The molecule has 0 aliphatic carbocycles. The molecule has 0 aliphatic heterocycles. The molecule has 8 heteroatoms. The lowest BCUT2D eigenvalue weighted by Crippen LogP contribution is -2.20. The highest BCUT2D eigenvalue weighted by atomic mass is 19.4. The Balaban J connectivity index is 4.09. The number of rotatable bonds is 3. The van der Waals surface area contributed by atoms with Gasteiger partial charge in [0.15, 0.2) is 0 Å². The van der Waals surface area contributed by atoms with Crippen LogP contribution in [0.2, 0.25) is 0 Å². The van der Waals surface area contributed by atoms with E-state index in [1.807, 2.05) is 0 Å². The van der Waals surface area contributed by atoms with Crippen molar-refractivity contribution in [3.05, 3.63) is 11.9 Å². The molecule has 0 bridgehead atoms. The van der Waals surface area contributed by atoms with Gasteiger partial charge in [-0.3, -0.25) is 0 Å². The summed E-state index contributed by atoms with van der Waals surface area (Å²) in [4.78, 5) is 21.2. The first-order chi connectivity index (χ1) is 7.29. The van der Waals surface area contributed by atoms with E-state index in [1.54, 1.807) is 0 Å². The summed E-state index contributed by atoms with van der Waals surface area (Å²) in [6.07, 6.45) is -5.13.